The van der Waals surface area contributed by atoms with Crippen LogP contribution in [0.4, 0.5) is 0 Å². The molecule has 0 bridgehead atoms. The number of amides is 1. The van der Waals surface area contributed by atoms with E-state index in [1.54, 1.807) is 6.08 Å². The van der Waals surface area contributed by atoms with Crippen LogP contribution in [-0.2, 0) is 17.8 Å². The Balaban J connectivity index is 1.98. The zero-order valence-corrected chi connectivity index (χ0v) is 14.9. The number of halogens is 1. The summed E-state index contributed by atoms with van der Waals surface area (Å²) in [7, 11) is 0. The molecule has 0 saturated carbocycles. The molecule has 24 heavy (non-hydrogen) atoms. The maximum absolute atomic E-state index is 12.3. The van der Waals surface area contributed by atoms with Gasteiger partial charge in [-0.1, -0.05) is 58.8 Å². The highest BCUT2D eigenvalue weighted by atomic mass is 35.5. The van der Waals surface area contributed by atoms with Crippen molar-refractivity contribution in [3.63, 3.8) is 0 Å². The van der Waals surface area contributed by atoms with Crippen LogP contribution >= 0.6 is 22.9 Å². The number of carbonyl (C=O) groups is 1. The summed E-state index contributed by atoms with van der Waals surface area (Å²) in [5.74, 6) is -0.158. The third kappa shape index (κ3) is 3.66. The van der Waals surface area contributed by atoms with E-state index in [-0.39, 0.29) is 5.91 Å². The normalized spacial score (nSPS) is 11.8. The Labute approximate surface area is 149 Å². The monoisotopic (exact) mass is 356 g/mol. The minimum absolute atomic E-state index is 0.158. The van der Waals surface area contributed by atoms with Crippen LogP contribution in [0.25, 0.3) is 10.2 Å². The van der Waals surface area contributed by atoms with E-state index in [1.807, 2.05) is 54.0 Å². The summed E-state index contributed by atoms with van der Waals surface area (Å²) < 4.78 is 2.99. The number of rotatable bonds is 4. The predicted molar refractivity (Wildman–Crippen MR) is 100 cm³/mol. The molecule has 1 aromatic heterocycles. The lowest BCUT2D eigenvalue weighted by Gasteiger charge is -2.01. The molecule has 1 heterocycles. The second kappa shape index (κ2) is 7.16. The van der Waals surface area contributed by atoms with Crippen LogP contribution in [0.5, 0.6) is 0 Å². The fourth-order valence-corrected chi connectivity index (χ4v) is 3.80. The molecule has 0 spiro atoms. The predicted octanol–water partition coefficient (Wildman–Crippen LogP) is 4.52. The van der Waals surface area contributed by atoms with Gasteiger partial charge in [-0.05, 0) is 30.7 Å². The molecule has 0 aliphatic rings. The Morgan fingerprint density at radius 2 is 2.04 bits per heavy atom. The molecule has 5 heteroatoms. The van der Waals surface area contributed by atoms with E-state index in [2.05, 4.69) is 11.6 Å². The van der Waals surface area contributed by atoms with Gasteiger partial charge in [-0.25, -0.2) is 0 Å². The number of aromatic nitrogens is 1. The summed E-state index contributed by atoms with van der Waals surface area (Å²) in [6.45, 7) is 6.41. The molecule has 0 atom stereocenters. The molecule has 1 amide bonds. The lowest BCUT2D eigenvalue weighted by atomic mass is 10.1. The summed E-state index contributed by atoms with van der Waals surface area (Å²) >= 11 is 7.53. The van der Waals surface area contributed by atoms with Gasteiger partial charge in [0.15, 0.2) is 4.80 Å². The van der Waals surface area contributed by atoms with Crippen molar-refractivity contribution >= 4 is 39.1 Å². The van der Waals surface area contributed by atoms with Gasteiger partial charge in [-0.2, -0.15) is 4.99 Å². The summed E-state index contributed by atoms with van der Waals surface area (Å²) in [6.07, 6.45) is 2.09. The fourth-order valence-electron chi connectivity index (χ4n) is 2.46. The molecule has 0 radical (unpaired) electrons. The third-order valence-corrected chi connectivity index (χ3v) is 4.93. The van der Waals surface area contributed by atoms with Gasteiger partial charge in [0, 0.05) is 11.6 Å². The number of fused-ring (bicyclic) bond motifs is 1. The first kappa shape index (κ1) is 16.7. The number of hydrogen-bond donors (Lipinski definition) is 0. The lowest BCUT2D eigenvalue weighted by molar-refractivity contribution is -0.117. The smallest absolute Gasteiger partial charge is 0.252 e. The highest BCUT2D eigenvalue weighted by Gasteiger charge is 2.08. The van der Waals surface area contributed by atoms with Crippen LogP contribution in [-0.4, -0.2) is 10.5 Å². The highest BCUT2D eigenvalue weighted by Crippen LogP contribution is 2.22. The summed E-state index contributed by atoms with van der Waals surface area (Å²) in [5, 5.41) is 0.673. The van der Waals surface area contributed by atoms with E-state index in [0.29, 0.717) is 22.8 Å². The first-order chi connectivity index (χ1) is 11.6. The van der Waals surface area contributed by atoms with Crippen molar-refractivity contribution in [2.75, 3.05) is 0 Å². The van der Waals surface area contributed by atoms with E-state index < -0.39 is 0 Å². The maximum atomic E-state index is 12.3. The summed E-state index contributed by atoms with van der Waals surface area (Å²) in [6, 6.07) is 13.6. The van der Waals surface area contributed by atoms with Crippen molar-refractivity contribution in [2.24, 2.45) is 4.99 Å². The summed E-state index contributed by atoms with van der Waals surface area (Å²) in [4.78, 5) is 17.3. The molecule has 3 rings (SSSR count). The van der Waals surface area contributed by atoms with E-state index in [0.717, 1.165) is 15.8 Å². The Morgan fingerprint density at radius 3 is 2.75 bits per heavy atom. The number of benzene rings is 2. The largest absolute Gasteiger partial charge is 0.313 e. The Morgan fingerprint density at radius 1 is 1.29 bits per heavy atom. The number of nitrogens with zero attached hydrogens (tertiary/aromatic N) is 2. The van der Waals surface area contributed by atoms with Gasteiger partial charge in [0.1, 0.15) is 0 Å². The highest BCUT2D eigenvalue weighted by molar-refractivity contribution is 7.16. The zero-order chi connectivity index (χ0) is 17.1. The van der Waals surface area contributed by atoms with Gasteiger partial charge in [0.2, 0.25) is 0 Å². The number of allylic oxidation sites excluding steroid dienone is 1. The minimum atomic E-state index is -0.158. The van der Waals surface area contributed by atoms with Gasteiger partial charge in [-0.15, -0.1) is 6.58 Å². The van der Waals surface area contributed by atoms with Crippen molar-refractivity contribution in [3.05, 3.63) is 76.1 Å². The summed E-state index contributed by atoms with van der Waals surface area (Å²) in [5.41, 5.74) is 3.15. The van der Waals surface area contributed by atoms with Crippen molar-refractivity contribution < 1.29 is 4.79 Å². The quantitative estimate of drug-likeness (QED) is 0.633. The Kier molecular flexibility index (Phi) is 4.97. The molecule has 122 valence electrons. The third-order valence-electron chi connectivity index (χ3n) is 3.65. The molecule has 3 nitrogen and oxygen atoms in total. The van der Waals surface area contributed by atoms with E-state index in [9.17, 15) is 4.79 Å². The number of carbonyl (C=O) groups excluding carboxylic acids is 1. The van der Waals surface area contributed by atoms with Crippen LogP contribution in [0.3, 0.4) is 0 Å². The van der Waals surface area contributed by atoms with Crippen LogP contribution in [0.1, 0.15) is 11.1 Å². The molecule has 3 aromatic rings. The molecular weight excluding hydrogens is 340 g/mol. The molecule has 0 N–H and O–H groups in total. The van der Waals surface area contributed by atoms with Gasteiger partial charge in [0.05, 0.1) is 16.6 Å². The molecule has 0 aliphatic heterocycles. The SMILES string of the molecule is C=CCn1c(=NC(=O)Cc2ccc(C)cc2)sc2cc(Cl)ccc21. The Bertz CT molecular complexity index is 967. The van der Waals surface area contributed by atoms with Crippen molar-refractivity contribution in [3.8, 4) is 0 Å². The van der Waals surface area contributed by atoms with Gasteiger partial charge < -0.3 is 4.57 Å². The first-order valence-electron chi connectivity index (χ1n) is 7.60. The van der Waals surface area contributed by atoms with Gasteiger partial charge in [0.25, 0.3) is 5.91 Å². The van der Waals surface area contributed by atoms with E-state index in [1.165, 1.54) is 16.9 Å². The van der Waals surface area contributed by atoms with Crippen molar-refractivity contribution in [2.45, 2.75) is 19.9 Å². The minimum Gasteiger partial charge on any atom is -0.313 e. The molecule has 0 saturated heterocycles. The molecule has 0 unspecified atom stereocenters. The standard InChI is InChI=1S/C19H17ClN2OS/c1-3-10-22-16-9-8-15(20)12-17(16)24-19(22)21-18(23)11-14-6-4-13(2)5-7-14/h3-9,12H,1,10-11H2,2H3. The molecule has 0 fully saturated rings. The van der Waals surface area contributed by atoms with Crippen LogP contribution in [0.15, 0.2) is 60.1 Å². The van der Waals surface area contributed by atoms with Crippen molar-refractivity contribution in [1.29, 1.82) is 0 Å². The average Bonchev–Trinajstić information content (AvgIpc) is 2.86. The Hall–Kier alpha value is -2.17. The van der Waals surface area contributed by atoms with E-state index >= 15 is 0 Å². The second-order valence-electron chi connectivity index (χ2n) is 5.56. The molecule has 0 aliphatic carbocycles. The molecular formula is C19H17ClN2OS. The van der Waals surface area contributed by atoms with Crippen LogP contribution in [0.2, 0.25) is 5.02 Å². The molecule has 2 aromatic carbocycles. The van der Waals surface area contributed by atoms with Crippen molar-refractivity contribution in [1.82, 2.24) is 4.57 Å². The van der Waals surface area contributed by atoms with E-state index in [4.69, 9.17) is 11.6 Å². The number of aryl methyl sites for hydroxylation is 1. The first-order valence-corrected chi connectivity index (χ1v) is 8.79. The number of hydrogen-bond acceptors (Lipinski definition) is 2. The van der Waals surface area contributed by atoms with Crippen LogP contribution in [0, 0.1) is 6.92 Å². The average molecular weight is 357 g/mol. The maximum Gasteiger partial charge on any atom is 0.252 e. The zero-order valence-electron chi connectivity index (χ0n) is 13.3. The van der Waals surface area contributed by atoms with Gasteiger partial charge in [-0.3, -0.25) is 4.79 Å². The topological polar surface area (TPSA) is 34.4 Å². The van der Waals surface area contributed by atoms with Gasteiger partial charge >= 0.3 is 0 Å². The van der Waals surface area contributed by atoms with Crippen LogP contribution < -0.4 is 4.80 Å². The second-order valence-corrected chi connectivity index (χ2v) is 7.01. The number of thiazole rings is 1. The fraction of sp³-hybridized carbons (Fsp3) is 0.158. The lowest BCUT2D eigenvalue weighted by Crippen LogP contribution is -2.16.